The Hall–Kier alpha value is -1.37. The fourth-order valence-corrected chi connectivity index (χ4v) is 1.27. The normalized spacial score (nSPS) is 11.9. The zero-order valence-electron chi connectivity index (χ0n) is 8.95. The predicted octanol–water partition coefficient (Wildman–Crippen LogP) is 3.23. The molecule has 0 aromatic heterocycles. The van der Waals surface area contributed by atoms with Crippen LogP contribution in [0.4, 0.5) is 0 Å². The van der Waals surface area contributed by atoms with Crippen molar-refractivity contribution < 1.29 is 4.79 Å². The molecule has 0 saturated carbocycles. The lowest BCUT2D eigenvalue weighted by Gasteiger charge is -2.05. The zero-order valence-corrected chi connectivity index (χ0v) is 8.95. The summed E-state index contributed by atoms with van der Waals surface area (Å²) >= 11 is 0. The van der Waals surface area contributed by atoms with E-state index in [9.17, 15) is 4.79 Å². The molecule has 74 valence electrons. The molecule has 1 nitrogen and oxygen atoms in total. The minimum Gasteiger partial charge on any atom is -0.298 e. The molecule has 0 amide bonds. The first kappa shape index (κ1) is 10.7. The van der Waals surface area contributed by atoms with Crippen molar-refractivity contribution in [2.75, 3.05) is 0 Å². The average molecular weight is 188 g/mol. The van der Waals surface area contributed by atoms with E-state index in [0.29, 0.717) is 0 Å². The minimum atomic E-state index is 0.284. The lowest BCUT2D eigenvalue weighted by Crippen LogP contribution is -1.95. The SMILES string of the molecule is Cc1ccccc1/C=C(\C=O)C(C)C. The van der Waals surface area contributed by atoms with E-state index in [0.717, 1.165) is 17.4 Å². The van der Waals surface area contributed by atoms with E-state index in [1.54, 1.807) is 0 Å². The maximum Gasteiger partial charge on any atom is 0.146 e. The molecule has 1 rings (SSSR count). The molecular formula is C13H16O. The van der Waals surface area contributed by atoms with Crippen molar-refractivity contribution in [3.63, 3.8) is 0 Å². The molecule has 1 aromatic rings. The molecular weight excluding hydrogens is 172 g/mol. The van der Waals surface area contributed by atoms with E-state index in [1.807, 2.05) is 38.1 Å². The quantitative estimate of drug-likeness (QED) is 0.525. The van der Waals surface area contributed by atoms with Crippen LogP contribution in [0.3, 0.4) is 0 Å². The Morgan fingerprint density at radius 2 is 1.93 bits per heavy atom. The lowest BCUT2D eigenvalue weighted by atomic mass is 9.99. The summed E-state index contributed by atoms with van der Waals surface area (Å²) in [6.07, 6.45) is 2.91. The van der Waals surface area contributed by atoms with Gasteiger partial charge in [-0.2, -0.15) is 0 Å². The summed E-state index contributed by atoms with van der Waals surface area (Å²) in [6, 6.07) is 8.07. The molecule has 14 heavy (non-hydrogen) atoms. The van der Waals surface area contributed by atoms with Crippen LogP contribution >= 0.6 is 0 Å². The summed E-state index contributed by atoms with van der Waals surface area (Å²) < 4.78 is 0. The third kappa shape index (κ3) is 2.56. The monoisotopic (exact) mass is 188 g/mol. The molecule has 1 heteroatoms. The third-order valence-corrected chi connectivity index (χ3v) is 2.31. The number of hydrogen-bond acceptors (Lipinski definition) is 1. The second-order valence-electron chi connectivity index (χ2n) is 3.77. The summed E-state index contributed by atoms with van der Waals surface area (Å²) in [4.78, 5) is 10.8. The number of hydrogen-bond donors (Lipinski definition) is 0. The summed E-state index contributed by atoms with van der Waals surface area (Å²) in [5.74, 6) is 0.284. The van der Waals surface area contributed by atoms with Crippen LogP contribution in [0, 0.1) is 12.8 Å². The Bertz CT molecular complexity index is 348. The summed E-state index contributed by atoms with van der Waals surface area (Å²) in [6.45, 7) is 6.10. The second kappa shape index (κ2) is 4.75. The van der Waals surface area contributed by atoms with Gasteiger partial charge in [-0.05, 0) is 35.6 Å². The van der Waals surface area contributed by atoms with Crippen LogP contribution in [0.1, 0.15) is 25.0 Å². The molecule has 0 aliphatic carbocycles. The van der Waals surface area contributed by atoms with E-state index in [4.69, 9.17) is 0 Å². The van der Waals surface area contributed by atoms with Gasteiger partial charge < -0.3 is 0 Å². The molecule has 0 N–H and O–H groups in total. The molecule has 0 fully saturated rings. The maximum absolute atomic E-state index is 10.8. The van der Waals surface area contributed by atoms with Crippen molar-refractivity contribution in [3.05, 3.63) is 41.0 Å². The summed E-state index contributed by atoms with van der Waals surface area (Å²) in [5.41, 5.74) is 3.18. The van der Waals surface area contributed by atoms with E-state index in [1.165, 1.54) is 5.56 Å². The number of aldehydes is 1. The van der Waals surface area contributed by atoms with Gasteiger partial charge in [0.1, 0.15) is 6.29 Å². The van der Waals surface area contributed by atoms with Crippen molar-refractivity contribution in [2.45, 2.75) is 20.8 Å². The highest BCUT2D eigenvalue weighted by Crippen LogP contribution is 2.15. The van der Waals surface area contributed by atoms with Crippen LogP contribution in [-0.4, -0.2) is 6.29 Å². The van der Waals surface area contributed by atoms with E-state index in [-0.39, 0.29) is 5.92 Å². The molecule has 0 aliphatic rings. The van der Waals surface area contributed by atoms with Crippen molar-refractivity contribution in [1.82, 2.24) is 0 Å². The second-order valence-corrected chi connectivity index (χ2v) is 3.77. The molecule has 0 atom stereocenters. The highest BCUT2D eigenvalue weighted by atomic mass is 16.1. The van der Waals surface area contributed by atoms with Gasteiger partial charge in [0.25, 0.3) is 0 Å². The molecule has 0 bridgehead atoms. The molecule has 1 aromatic carbocycles. The average Bonchev–Trinajstić information content (AvgIpc) is 2.16. The topological polar surface area (TPSA) is 17.1 Å². The van der Waals surface area contributed by atoms with Gasteiger partial charge in [0.05, 0.1) is 0 Å². The standard InChI is InChI=1S/C13H16O/c1-10(2)13(9-14)8-12-7-5-4-6-11(12)3/h4-10H,1-3H3/b13-8+. The Morgan fingerprint density at radius 1 is 1.29 bits per heavy atom. The van der Waals surface area contributed by atoms with Crippen LogP contribution in [0.25, 0.3) is 6.08 Å². The van der Waals surface area contributed by atoms with Gasteiger partial charge >= 0.3 is 0 Å². The first-order chi connectivity index (χ1) is 6.65. The first-order valence-electron chi connectivity index (χ1n) is 4.87. The smallest absolute Gasteiger partial charge is 0.146 e. The van der Waals surface area contributed by atoms with Crippen molar-refractivity contribution in [1.29, 1.82) is 0 Å². The molecule has 0 unspecified atom stereocenters. The molecule has 0 aliphatic heterocycles. The van der Waals surface area contributed by atoms with Crippen LogP contribution in [0.2, 0.25) is 0 Å². The predicted molar refractivity (Wildman–Crippen MR) is 60.1 cm³/mol. The van der Waals surface area contributed by atoms with Gasteiger partial charge in [-0.25, -0.2) is 0 Å². The van der Waals surface area contributed by atoms with Gasteiger partial charge in [-0.15, -0.1) is 0 Å². The lowest BCUT2D eigenvalue weighted by molar-refractivity contribution is -0.105. The minimum absolute atomic E-state index is 0.284. The Kier molecular flexibility index (Phi) is 3.63. The number of aryl methyl sites for hydroxylation is 1. The van der Waals surface area contributed by atoms with Gasteiger partial charge in [0.15, 0.2) is 0 Å². The maximum atomic E-state index is 10.8. The zero-order chi connectivity index (χ0) is 10.6. The van der Waals surface area contributed by atoms with Gasteiger partial charge in [-0.3, -0.25) is 4.79 Å². The Balaban J connectivity index is 3.06. The highest BCUT2D eigenvalue weighted by molar-refractivity contribution is 5.82. The number of rotatable bonds is 3. The third-order valence-electron chi connectivity index (χ3n) is 2.31. The molecule has 0 spiro atoms. The largest absolute Gasteiger partial charge is 0.298 e. The molecule has 0 saturated heterocycles. The number of carbonyl (C=O) groups excluding carboxylic acids is 1. The number of benzene rings is 1. The Morgan fingerprint density at radius 3 is 2.43 bits per heavy atom. The van der Waals surface area contributed by atoms with E-state index in [2.05, 4.69) is 13.0 Å². The fourth-order valence-electron chi connectivity index (χ4n) is 1.27. The van der Waals surface area contributed by atoms with Crippen molar-refractivity contribution >= 4 is 12.4 Å². The molecule has 0 heterocycles. The fraction of sp³-hybridized carbons (Fsp3) is 0.308. The number of allylic oxidation sites excluding steroid dienone is 1. The van der Waals surface area contributed by atoms with Crippen LogP contribution in [0.5, 0.6) is 0 Å². The van der Waals surface area contributed by atoms with Crippen molar-refractivity contribution in [2.24, 2.45) is 5.92 Å². The van der Waals surface area contributed by atoms with E-state index < -0.39 is 0 Å². The summed E-state index contributed by atoms with van der Waals surface area (Å²) in [5, 5.41) is 0. The van der Waals surface area contributed by atoms with Gasteiger partial charge in [-0.1, -0.05) is 38.1 Å². The van der Waals surface area contributed by atoms with Gasteiger partial charge in [0, 0.05) is 0 Å². The summed E-state index contributed by atoms with van der Waals surface area (Å²) in [7, 11) is 0. The van der Waals surface area contributed by atoms with Gasteiger partial charge in [0.2, 0.25) is 0 Å². The van der Waals surface area contributed by atoms with Crippen LogP contribution in [0.15, 0.2) is 29.8 Å². The first-order valence-corrected chi connectivity index (χ1v) is 4.87. The highest BCUT2D eigenvalue weighted by Gasteiger charge is 2.02. The van der Waals surface area contributed by atoms with Crippen molar-refractivity contribution in [3.8, 4) is 0 Å². The molecule has 0 radical (unpaired) electrons. The van der Waals surface area contributed by atoms with E-state index >= 15 is 0 Å². The number of carbonyl (C=O) groups is 1. The van der Waals surface area contributed by atoms with Crippen LogP contribution < -0.4 is 0 Å². The van der Waals surface area contributed by atoms with Crippen LogP contribution in [-0.2, 0) is 4.79 Å². The Labute approximate surface area is 85.5 Å².